The molecule has 0 fully saturated rings. The highest BCUT2D eigenvalue weighted by atomic mass is 79.9. The Hall–Kier alpha value is -1.90. The second-order valence-corrected chi connectivity index (χ2v) is 5.32. The van der Waals surface area contributed by atoms with Gasteiger partial charge in [0, 0.05) is 29.4 Å². The molecule has 2 aromatic rings. The molecule has 0 saturated heterocycles. The average Bonchev–Trinajstić information content (AvgIpc) is 2.48. The van der Waals surface area contributed by atoms with Crippen LogP contribution in [0.1, 0.15) is 16.7 Å². The predicted octanol–water partition coefficient (Wildman–Crippen LogP) is 4.22. The first-order chi connectivity index (χ1) is 10.2. The molecular formula is C16H14BrFN2O. The molecule has 0 radical (unpaired) electrons. The third-order valence-corrected chi connectivity index (χ3v) is 3.81. The Bertz CT molecular complexity index is 682. The van der Waals surface area contributed by atoms with Gasteiger partial charge in [-0.2, -0.15) is 5.26 Å². The molecular weight excluding hydrogens is 335 g/mol. The summed E-state index contributed by atoms with van der Waals surface area (Å²) in [6.07, 6.45) is 0. The summed E-state index contributed by atoms with van der Waals surface area (Å²) >= 11 is 3.48. The van der Waals surface area contributed by atoms with E-state index >= 15 is 0 Å². The molecule has 0 aliphatic carbocycles. The summed E-state index contributed by atoms with van der Waals surface area (Å²) in [5.74, 6) is -0.350. The van der Waals surface area contributed by atoms with E-state index in [1.54, 1.807) is 7.11 Å². The number of halogens is 2. The maximum Gasteiger partial charge on any atom is 0.123 e. The number of nitriles is 1. The van der Waals surface area contributed by atoms with Crippen LogP contribution in [0.25, 0.3) is 0 Å². The number of benzene rings is 2. The van der Waals surface area contributed by atoms with Crippen LogP contribution in [0.3, 0.4) is 0 Å². The Morgan fingerprint density at radius 2 is 2.14 bits per heavy atom. The summed E-state index contributed by atoms with van der Waals surface area (Å²) in [4.78, 5) is 0. The van der Waals surface area contributed by atoms with E-state index in [1.807, 2.05) is 18.2 Å². The number of ether oxygens (including phenoxy) is 1. The second-order valence-electron chi connectivity index (χ2n) is 4.47. The molecule has 108 valence electrons. The minimum atomic E-state index is -0.350. The van der Waals surface area contributed by atoms with Crippen LogP contribution in [0.5, 0.6) is 0 Å². The molecule has 0 spiro atoms. The van der Waals surface area contributed by atoms with E-state index in [1.165, 1.54) is 18.2 Å². The quantitative estimate of drug-likeness (QED) is 0.879. The maximum atomic E-state index is 13.3. The summed E-state index contributed by atoms with van der Waals surface area (Å²) in [6, 6.07) is 12.0. The summed E-state index contributed by atoms with van der Waals surface area (Å²) in [5, 5.41) is 12.3. The molecule has 2 aromatic carbocycles. The van der Waals surface area contributed by atoms with Crippen molar-refractivity contribution >= 4 is 21.6 Å². The number of nitrogens with one attached hydrogen (secondary N) is 1. The van der Waals surface area contributed by atoms with Gasteiger partial charge in [0.1, 0.15) is 5.82 Å². The molecule has 0 aliphatic heterocycles. The molecule has 0 saturated carbocycles. The summed E-state index contributed by atoms with van der Waals surface area (Å²) < 4.78 is 19.4. The lowest BCUT2D eigenvalue weighted by Crippen LogP contribution is -2.05. The Balaban J connectivity index is 2.23. The molecule has 0 aliphatic rings. The van der Waals surface area contributed by atoms with Crippen molar-refractivity contribution in [2.75, 3.05) is 12.4 Å². The lowest BCUT2D eigenvalue weighted by Gasteiger charge is -2.14. The highest BCUT2D eigenvalue weighted by molar-refractivity contribution is 9.10. The molecule has 21 heavy (non-hydrogen) atoms. The van der Waals surface area contributed by atoms with E-state index in [2.05, 4.69) is 27.3 Å². The number of nitrogens with zero attached hydrogens (tertiary/aromatic N) is 1. The Morgan fingerprint density at radius 1 is 1.33 bits per heavy atom. The second kappa shape index (κ2) is 7.21. The van der Waals surface area contributed by atoms with Crippen molar-refractivity contribution in [1.82, 2.24) is 0 Å². The van der Waals surface area contributed by atoms with Crippen LogP contribution >= 0.6 is 15.9 Å². The van der Waals surface area contributed by atoms with E-state index in [9.17, 15) is 4.39 Å². The van der Waals surface area contributed by atoms with E-state index < -0.39 is 0 Å². The zero-order valence-corrected chi connectivity index (χ0v) is 13.1. The molecule has 1 N–H and O–H groups in total. The third-order valence-electron chi connectivity index (χ3n) is 3.06. The number of anilines is 1. The van der Waals surface area contributed by atoms with Gasteiger partial charge in [0.05, 0.1) is 18.2 Å². The van der Waals surface area contributed by atoms with Crippen molar-refractivity contribution < 1.29 is 9.13 Å². The Kier molecular flexibility index (Phi) is 5.32. The van der Waals surface area contributed by atoms with E-state index in [4.69, 9.17) is 10.00 Å². The normalized spacial score (nSPS) is 10.2. The zero-order valence-electron chi connectivity index (χ0n) is 11.5. The summed E-state index contributed by atoms with van der Waals surface area (Å²) in [5.41, 5.74) is 2.96. The highest BCUT2D eigenvalue weighted by Crippen LogP contribution is 2.26. The SMILES string of the molecule is COCc1c(Br)cccc1NCc1cc(F)ccc1C#N. The van der Waals surface area contributed by atoms with E-state index in [0.717, 1.165) is 15.7 Å². The largest absolute Gasteiger partial charge is 0.381 e. The monoisotopic (exact) mass is 348 g/mol. The average molecular weight is 349 g/mol. The molecule has 0 heterocycles. The highest BCUT2D eigenvalue weighted by Gasteiger charge is 2.08. The van der Waals surface area contributed by atoms with Crippen molar-refractivity contribution in [3.8, 4) is 6.07 Å². The van der Waals surface area contributed by atoms with Gasteiger partial charge in [0.2, 0.25) is 0 Å². The van der Waals surface area contributed by atoms with Crippen molar-refractivity contribution in [3.05, 3.63) is 63.4 Å². The Morgan fingerprint density at radius 3 is 2.86 bits per heavy atom. The smallest absolute Gasteiger partial charge is 0.123 e. The predicted molar refractivity (Wildman–Crippen MR) is 83.3 cm³/mol. The van der Waals surface area contributed by atoms with Crippen LogP contribution in [-0.4, -0.2) is 7.11 Å². The summed E-state index contributed by atoms with van der Waals surface area (Å²) in [6.45, 7) is 0.825. The molecule has 5 heteroatoms. The number of methoxy groups -OCH3 is 1. The third kappa shape index (κ3) is 3.81. The van der Waals surface area contributed by atoms with Crippen LogP contribution < -0.4 is 5.32 Å². The van der Waals surface area contributed by atoms with E-state index in [0.29, 0.717) is 24.3 Å². The van der Waals surface area contributed by atoms with Gasteiger partial charge in [-0.1, -0.05) is 22.0 Å². The van der Waals surface area contributed by atoms with Gasteiger partial charge in [-0.15, -0.1) is 0 Å². The molecule has 0 bridgehead atoms. The van der Waals surface area contributed by atoms with Gasteiger partial charge in [-0.05, 0) is 35.9 Å². The first kappa shape index (κ1) is 15.5. The molecule has 2 rings (SSSR count). The van der Waals surface area contributed by atoms with E-state index in [-0.39, 0.29) is 5.82 Å². The standard InChI is InChI=1S/C16H14BrFN2O/c1-21-10-14-15(17)3-2-4-16(14)20-9-12-7-13(18)6-5-11(12)8-19/h2-7,20H,9-10H2,1H3. The minimum Gasteiger partial charge on any atom is -0.381 e. The fraction of sp³-hybridized carbons (Fsp3) is 0.188. The maximum absolute atomic E-state index is 13.3. The number of rotatable bonds is 5. The minimum absolute atomic E-state index is 0.350. The Labute approximate surface area is 131 Å². The van der Waals surface area contributed by atoms with Crippen LogP contribution in [0.2, 0.25) is 0 Å². The lowest BCUT2D eigenvalue weighted by atomic mass is 10.1. The van der Waals surface area contributed by atoms with Crippen LogP contribution in [0.4, 0.5) is 10.1 Å². The fourth-order valence-corrected chi connectivity index (χ4v) is 2.50. The summed E-state index contributed by atoms with van der Waals surface area (Å²) in [7, 11) is 1.63. The molecule has 0 unspecified atom stereocenters. The first-order valence-corrected chi connectivity index (χ1v) is 7.13. The fourth-order valence-electron chi connectivity index (χ4n) is 2.02. The number of hydrogen-bond donors (Lipinski definition) is 1. The van der Waals surface area contributed by atoms with Crippen molar-refractivity contribution in [3.63, 3.8) is 0 Å². The van der Waals surface area contributed by atoms with Gasteiger partial charge < -0.3 is 10.1 Å². The van der Waals surface area contributed by atoms with Gasteiger partial charge in [-0.25, -0.2) is 4.39 Å². The van der Waals surface area contributed by atoms with Gasteiger partial charge in [-0.3, -0.25) is 0 Å². The van der Waals surface area contributed by atoms with Crippen molar-refractivity contribution in [2.24, 2.45) is 0 Å². The first-order valence-electron chi connectivity index (χ1n) is 6.34. The lowest BCUT2D eigenvalue weighted by molar-refractivity contribution is 0.185. The zero-order chi connectivity index (χ0) is 15.2. The van der Waals surface area contributed by atoms with Gasteiger partial charge >= 0.3 is 0 Å². The van der Waals surface area contributed by atoms with Crippen LogP contribution in [0.15, 0.2) is 40.9 Å². The molecule has 3 nitrogen and oxygen atoms in total. The van der Waals surface area contributed by atoms with Gasteiger partial charge in [0.15, 0.2) is 0 Å². The van der Waals surface area contributed by atoms with Crippen molar-refractivity contribution in [2.45, 2.75) is 13.2 Å². The van der Waals surface area contributed by atoms with Gasteiger partial charge in [0.25, 0.3) is 0 Å². The molecule has 0 amide bonds. The number of hydrogen-bond acceptors (Lipinski definition) is 3. The van der Waals surface area contributed by atoms with Crippen LogP contribution in [0, 0.1) is 17.1 Å². The van der Waals surface area contributed by atoms with Crippen LogP contribution in [-0.2, 0) is 17.9 Å². The molecule has 0 atom stereocenters. The van der Waals surface area contributed by atoms with Crippen molar-refractivity contribution in [1.29, 1.82) is 5.26 Å². The molecule has 0 aromatic heterocycles. The topological polar surface area (TPSA) is 45.0 Å².